The Hall–Kier alpha value is -1.85. The van der Waals surface area contributed by atoms with Gasteiger partial charge in [-0.2, -0.15) is 0 Å². The lowest BCUT2D eigenvalue weighted by Crippen LogP contribution is -2.41. The number of imidazole rings is 1. The maximum Gasteiger partial charge on any atom is 0.119 e. The summed E-state index contributed by atoms with van der Waals surface area (Å²) >= 11 is 0. The van der Waals surface area contributed by atoms with Gasteiger partial charge in [-0.3, -0.25) is 4.90 Å². The third-order valence-electron chi connectivity index (χ3n) is 6.26. The van der Waals surface area contributed by atoms with Crippen LogP contribution in [-0.2, 0) is 19.4 Å². The van der Waals surface area contributed by atoms with E-state index in [9.17, 15) is 0 Å². The number of methoxy groups -OCH3 is 1. The number of H-pyrrole nitrogens is 1. The molecule has 1 saturated heterocycles. The van der Waals surface area contributed by atoms with Gasteiger partial charge in [0.2, 0.25) is 0 Å². The van der Waals surface area contributed by atoms with Gasteiger partial charge in [0.15, 0.2) is 0 Å². The molecule has 0 saturated carbocycles. The molecule has 1 aromatic heterocycles. The number of aromatic nitrogens is 2. The van der Waals surface area contributed by atoms with E-state index in [4.69, 9.17) is 4.74 Å². The van der Waals surface area contributed by atoms with Crippen LogP contribution in [0.25, 0.3) is 0 Å². The standard InChI is InChI=1S/C25H40N4O/c1-4-6-12-25-26-17-23(27-25)20-28(5-2)18-22-10-8-14-29(19-22)15-13-21-9-7-11-24(16-21)30-3/h7,9,11,16-17,22H,4-6,8,10,12-15,18-20H2,1-3H3,(H,26,27)/t22-/m0/s1. The second-order valence-electron chi connectivity index (χ2n) is 8.70. The number of nitrogens with zero attached hydrogens (tertiary/aromatic N) is 3. The lowest BCUT2D eigenvalue weighted by atomic mass is 9.96. The van der Waals surface area contributed by atoms with Crippen molar-refractivity contribution in [2.45, 2.75) is 58.9 Å². The number of unbranched alkanes of at least 4 members (excludes halogenated alkanes) is 1. The SMILES string of the molecule is CCCCc1ncc(CN(CC)C[C@@H]2CCCN(CCc3cccc(OC)c3)C2)[nH]1. The maximum atomic E-state index is 5.36. The number of nitrogens with one attached hydrogen (secondary N) is 1. The van der Waals surface area contributed by atoms with Gasteiger partial charge < -0.3 is 14.6 Å². The number of aromatic amines is 1. The summed E-state index contributed by atoms with van der Waals surface area (Å²) in [5.74, 6) is 2.86. The first-order valence-electron chi connectivity index (χ1n) is 11.8. The first-order chi connectivity index (χ1) is 14.7. The van der Waals surface area contributed by atoms with Crippen molar-refractivity contribution in [1.29, 1.82) is 0 Å². The number of piperidine rings is 1. The van der Waals surface area contributed by atoms with Crippen molar-refractivity contribution in [1.82, 2.24) is 19.8 Å². The molecule has 30 heavy (non-hydrogen) atoms. The molecule has 1 fully saturated rings. The zero-order chi connectivity index (χ0) is 21.2. The fourth-order valence-corrected chi connectivity index (χ4v) is 4.49. The highest BCUT2D eigenvalue weighted by molar-refractivity contribution is 5.28. The molecule has 0 radical (unpaired) electrons. The van der Waals surface area contributed by atoms with Gasteiger partial charge in [-0.1, -0.05) is 32.4 Å². The van der Waals surface area contributed by atoms with Gasteiger partial charge in [0.05, 0.1) is 7.11 Å². The molecular formula is C25H40N4O. The summed E-state index contributed by atoms with van der Waals surface area (Å²) in [6, 6.07) is 8.49. The van der Waals surface area contributed by atoms with E-state index in [1.165, 1.54) is 56.6 Å². The monoisotopic (exact) mass is 412 g/mol. The summed E-state index contributed by atoms with van der Waals surface area (Å²) < 4.78 is 5.36. The number of benzene rings is 1. The molecule has 1 aliphatic heterocycles. The minimum absolute atomic E-state index is 0.756. The number of ether oxygens (including phenoxy) is 1. The van der Waals surface area contributed by atoms with Crippen LogP contribution in [0.15, 0.2) is 30.5 Å². The van der Waals surface area contributed by atoms with Crippen molar-refractivity contribution in [3.05, 3.63) is 47.5 Å². The Morgan fingerprint density at radius 1 is 1.27 bits per heavy atom. The molecule has 1 atom stereocenters. The number of hydrogen-bond donors (Lipinski definition) is 1. The van der Waals surface area contributed by atoms with Crippen molar-refractivity contribution in [2.75, 3.05) is 39.8 Å². The predicted octanol–water partition coefficient (Wildman–Crippen LogP) is 4.54. The zero-order valence-electron chi connectivity index (χ0n) is 19.2. The fourth-order valence-electron chi connectivity index (χ4n) is 4.49. The molecule has 1 N–H and O–H groups in total. The van der Waals surface area contributed by atoms with Crippen molar-refractivity contribution >= 4 is 0 Å². The molecule has 5 nitrogen and oxygen atoms in total. The largest absolute Gasteiger partial charge is 0.497 e. The van der Waals surface area contributed by atoms with E-state index < -0.39 is 0 Å². The number of hydrogen-bond acceptors (Lipinski definition) is 4. The molecular weight excluding hydrogens is 372 g/mol. The van der Waals surface area contributed by atoms with E-state index >= 15 is 0 Å². The van der Waals surface area contributed by atoms with E-state index in [1.54, 1.807) is 7.11 Å². The smallest absolute Gasteiger partial charge is 0.119 e. The zero-order valence-corrected chi connectivity index (χ0v) is 19.2. The Bertz CT molecular complexity index is 744. The Morgan fingerprint density at radius 2 is 2.17 bits per heavy atom. The molecule has 5 heteroatoms. The van der Waals surface area contributed by atoms with Crippen LogP contribution in [0, 0.1) is 5.92 Å². The second-order valence-corrected chi connectivity index (χ2v) is 8.70. The number of likely N-dealkylation sites (tertiary alicyclic amines) is 1. The molecule has 1 aliphatic rings. The summed E-state index contributed by atoms with van der Waals surface area (Å²) in [6.07, 6.45) is 9.27. The topological polar surface area (TPSA) is 44.4 Å². The van der Waals surface area contributed by atoms with Crippen LogP contribution in [0.3, 0.4) is 0 Å². The summed E-state index contributed by atoms with van der Waals surface area (Å²) in [4.78, 5) is 13.3. The maximum absolute atomic E-state index is 5.36. The quantitative estimate of drug-likeness (QED) is 0.556. The van der Waals surface area contributed by atoms with Crippen LogP contribution in [0.2, 0.25) is 0 Å². The molecule has 3 rings (SSSR count). The Balaban J connectivity index is 1.46. The summed E-state index contributed by atoms with van der Waals surface area (Å²) in [6.45, 7) is 11.3. The first-order valence-corrected chi connectivity index (χ1v) is 11.8. The number of aryl methyl sites for hydroxylation is 1. The molecule has 0 spiro atoms. The molecule has 0 bridgehead atoms. The highest BCUT2D eigenvalue weighted by Gasteiger charge is 2.22. The van der Waals surface area contributed by atoms with Gasteiger partial charge in [-0.25, -0.2) is 4.98 Å². The highest BCUT2D eigenvalue weighted by Crippen LogP contribution is 2.20. The van der Waals surface area contributed by atoms with Gasteiger partial charge in [0.25, 0.3) is 0 Å². The minimum atomic E-state index is 0.756. The Labute approximate surface area is 182 Å². The van der Waals surface area contributed by atoms with Crippen LogP contribution in [-0.4, -0.2) is 59.6 Å². The lowest BCUT2D eigenvalue weighted by molar-refractivity contribution is 0.132. The summed E-state index contributed by atoms with van der Waals surface area (Å²) in [7, 11) is 1.74. The van der Waals surface area contributed by atoms with Crippen LogP contribution >= 0.6 is 0 Å². The lowest BCUT2D eigenvalue weighted by Gasteiger charge is -2.35. The van der Waals surface area contributed by atoms with Crippen molar-refractivity contribution in [3.63, 3.8) is 0 Å². The number of rotatable bonds is 12. The Kier molecular flexibility index (Phi) is 9.22. The van der Waals surface area contributed by atoms with Crippen molar-refractivity contribution < 1.29 is 4.74 Å². The summed E-state index contributed by atoms with van der Waals surface area (Å²) in [5.41, 5.74) is 2.62. The van der Waals surface area contributed by atoms with E-state index in [0.29, 0.717) is 0 Å². The van der Waals surface area contributed by atoms with Crippen LogP contribution in [0.5, 0.6) is 5.75 Å². The summed E-state index contributed by atoms with van der Waals surface area (Å²) in [5, 5.41) is 0. The van der Waals surface area contributed by atoms with Crippen molar-refractivity contribution in [3.8, 4) is 5.75 Å². The van der Waals surface area contributed by atoms with Crippen LogP contribution in [0.4, 0.5) is 0 Å². The van der Waals surface area contributed by atoms with Crippen molar-refractivity contribution in [2.24, 2.45) is 5.92 Å². The molecule has 1 aromatic carbocycles. The molecule has 0 unspecified atom stereocenters. The van der Waals surface area contributed by atoms with Gasteiger partial charge in [0.1, 0.15) is 11.6 Å². The molecule has 166 valence electrons. The van der Waals surface area contributed by atoms with Gasteiger partial charge in [0, 0.05) is 44.5 Å². The molecule has 2 aromatic rings. The predicted molar refractivity (Wildman–Crippen MR) is 124 cm³/mol. The third-order valence-corrected chi connectivity index (χ3v) is 6.26. The Morgan fingerprint density at radius 3 is 2.97 bits per heavy atom. The molecule has 0 aliphatic carbocycles. The van der Waals surface area contributed by atoms with E-state index in [1.807, 2.05) is 12.3 Å². The molecule has 2 heterocycles. The third kappa shape index (κ3) is 7.13. The van der Waals surface area contributed by atoms with Gasteiger partial charge in [-0.05, 0) is 62.4 Å². The van der Waals surface area contributed by atoms with Gasteiger partial charge in [-0.15, -0.1) is 0 Å². The first kappa shape index (κ1) is 22.8. The van der Waals surface area contributed by atoms with Crippen LogP contribution < -0.4 is 4.74 Å². The normalized spacial score (nSPS) is 17.5. The highest BCUT2D eigenvalue weighted by atomic mass is 16.5. The fraction of sp³-hybridized carbons (Fsp3) is 0.640. The van der Waals surface area contributed by atoms with Gasteiger partial charge >= 0.3 is 0 Å². The average Bonchev–Trinajstić information content (AvgIpc) is 3.23. The minimum Gasteiger partial charge on any atom is -0.497 e. The van der Waals surface area contributed by atoms with E-state index in [-0.39, 0.29) is 0 Å². The second kappa shape index (κ2) is 12.1. The van der Waals surface area contributed by atoms with E-state index in [2.05, 4.69) is 51.8 Å². The van der Waals surface area contributed by atoms with Crippen LogP contribution in [0.1, 0.15) is 56.6 Å². The average molecular weight is 413 g/mol. The van der Waals surface area contributed by atoms with E-state index in [0.717, 1.165) is 50.0 Å². The molecule has 0 amide bonds.